The van der Waals surface area contributed by atoms with Gasteiger partial charge in [0.05, 0.1) is 18.0 Å². The number of nitrogens with zero attached hydrogens (tertiary/aromatic N) is 3. The van der Waals surface area contributed by atoms with Gasteiger partial charge in [0.15, 0.2) is 5.69 Å². The van der Waals surface area contributed by atoms with Crippen molar-refractivity contribution >= 4 is 11.9 Å². The Morgan fingerprint density at radius 2 is 1.88 bits per heavy atom. The summed E-state index contributed by atoms with van der Waals surface area (Å²) in [4.78, 5) is 26.9. The van der Waals surface area contributed by atoms with Gasteiger partial charge in [-0.2, -0.15) is 5.10 Å². The van der Waals surface area contributed by atoms with Crippen molar-refractivity contribution in [2.45, 2.75) is 40.7 Å². The molecule has 0 aliphatic carbocycles. The third-order valence-corrected chi connectivity index (χ3v) is 4.46. The van der Waals surface area contributed by atoms with Crippen molar-refractivity contribution in [3.8, 4) is 5.69 Å². The van der Waals surface area contributed by atoms with Crippen LogP contribution in [-0.2, 0) is 22.5 Å². The van der Waals surface area contributed by atoms with Gasteiger partial charge < -0.3 is 9.64 Å². The molecule has 6 heteroatoms. The van der Waals surface area contributed by atoms with E-state index in [1.807, 2.05) is 56.0 Å². The van der Waals surface area contributed by atoms with E-state index in [2.05, 4.69) is 5.10 Å². The van der Waals surface area contributed by atoms with E-state index in [0.29, 0.717) is 25.2 Å². The Kier molecular flexibility index (Phi) is 4.85. The average molecular weight is 355 g/mol. The summed E-state index contributed by atoms with van der Waals surface area (Å²) in [6.07, 6.45) is 0.651. The van der Waals surface area contributed by atoms with Gasteiger partial charge in [-0.15, -0.1) is 0 Å². The molecule has 26 heavy (non-hydrogen) atoms. The van der Waals surface area contributed by atoms with Gasteiger partial charge in [-0.1, -0.05) is 39.0 Å². The molecule has 0 unspecified atom stereocenters. The molecule has 0 fully saturated rings. The Morgan fingerprint density at radius 1 is 1.19 bits per heavy atom. The van der Waals surface area contributed by atoms with E-state index in [1.165, 1.54) is 0 Å². The van der Waals surface area contributed by atoms with E-state index in [4.69, 9.17) is 4.74 Å². The minimum absolute atomic E-state index is 0.0745. The van der Waals surface area contributed by atoms with Crippen LogP contribution in [0.15, 0.2) is 30.3 Å². The molecule has 0 N–H and O–H groups in total. The number of hydrogen-bond donors (Lipinski definition) is 0. The number of aromatic nitrogens is 2. The van der Waals surface area contributed by atoms with Crippen LogP contribution in [0.25, 0.3) is 5.69 Å². The van der Waals surface area contributed by atoms with Crippen LogP contribution in [-0.4, -0.2) is 39.7 Å². The van der Waals surface area contributed by atoms with Gasteiger partial charge in [0, 0.05) is 30.5 Å². The van der Waals surface area contributed by atoms with E-state index < -0.39 is 11.4 Å². The van der Waals surface area contributed by atoms with Gasteiger partial charge in [-0.25, -0.2) is 9.48 Å². The third kappa shape index (κ3) is 3.36. The zero-order chi connectivity index (χ0) is 18.9. The summed E-state index contributed by atoms with van der Waals surface area (Å²) in [5, 5.41) is 4.54. The van der Waals surface area contributed by atoms with Gasteiger partial charge in [0.1, 0.15) is 0 Å². The topological polar surface area (TPSA) is 64.4 Å². The normalized spacial score (nSPS) is 14.1. The van der Waals surface area contributed by atoms with Crippen LogP contribution in [0.4, 0.5) is 0 Å². The Morgan fingerprint density at radius 3 is 2.50 bits per heavy atom. The molecule has 0 spiro atoms. The molecule has 1 amide bonds. The second-order valence-electron chi connectivity index (χ2n) is 7.47. The molecule has 1 aromatic carbocycles. The first kappa shape index (κ1) is 18.2. The number of benzene rings is 1. The van der Waals surface area contributed by atoms with E-state index in [0.717, 1.165) is 16.9 Å². The molecular formula is C20H25N3O3. The summed E-state index contributed by atoms with van der Waals surface area (Å²) in [5.41, 5.74) is 2.50. The smallest absolute Gasteiger partial charge is 0.359 e. The molecule has 0 bridgehead atoms. The highest BCUT2D eigenvalue weighted by atomic mass is 16.5. The maximum absolute atomic E-state index is 12.7. The number of ether oxygens (including phenoxy) is 1. The summed E-state index contributed by atoms with van der Waals surface area (Å²) in [5.74, 6) is -0.367. The van der Waals surface area contributed by atoms with Crippen molar-refractivity contribution in [1.29, 1.82) is 0 Å². The maximum Gasteiger partial charge on any atom is 0.359 e. The monoisotopic (exact) mass is 355 g/mol. The van der Waals surface area contributed by atoms with Gasteiger partial charge in [-0.05, 0) is 19.1 Å². The number of rotatable bonds is 3. The number of hydrogen-bond acceptors (Lipinski definition) is 4. The molecule has 1 aliphatic heterocycles. The Bertz CT molecular complexity index is 819. The minimum atomic E-state index is -0.461. The van der Waals surface area contributed by atoms with Crippen molar-refractivity contribution in [2.75, 3.05) is 13.2 Å². The van der Waals surface area contributed by atoms with Crippen molar-refractivity contribution in [1.82, 2.24) is 14.7 Å². The first-order valence-electron chi connectivity index (χ1n) is 8.95. The number of esters is 1. The maximum atomic E-state index is 12.7. The highest BCUT2D eigenvalue weighted by Gasteiger charge is 2.34. The zero-order valence-electron chi connectivity index (χ0n) is 15.8. The lowest BCUT2D eigenvalue weighted by molar-refractivity contribution is -0.140. The predicted molar refractivity (Wildman–Crippen MR) is 98.1 cm³/mol. The molecular weight excluding hydrogens is 330 g/mol. The van der Waals surface area contributed by atoms with Crippen molar-refractivity contribution in [3.05, 3.63) is 47.3 Å². The summed E-state index contributed by atoms with van der Waals surface area (Å²) in [6.45, 7) is 8.78. The number of fused-ring (bicyclic) bond motifs is 1. The lowest BCUT2D eigenvalue weighted by Crippen LogP contribution is -2.42. The Balaban J connectivity index is 2.04. The van der Waals surface area contributed by atoms with E-state index in [1.54, 1.807) is 11.6 Å². The fourth-order valence-electron chi connectivity index (χ4n) is 3.21. The van der Waals surface area contributed by atoms with Crippen molar-refractivity contribution < 1.29 is 14.3 Å². The van der Waals surface area contributed by atoms with Gasteiger partial charge >= 0.3 is 5.97 Å². The van der Waals surface area contributed by atoms with Crippen LogP contribution in [0.2, 0.25) is 0 Å². The number of amides is 1. The Hall–Kier alpha value is -2.63. The summed E-state index contributed by atoms with van der Waals surface area (Å²) < 4.78 is 6.99. The molecule has 0 saturated carbocycles. The minimum Gasteiger partial charge on any atom is -0.461 e. The Labute approximate surface area is 153 Å². The summed E-state index contributed by atoms with van der Waals surface area (Å²) >= 11 is 0. The van der Waals surface area contributed by atoms with Gasteiger partial charge in [0.25, 0.3) is 0 Å². The second-order valence-corrected chi connectivity index (χ2v) is 7.47. The van der Waals surface area contributed by atoms with Gasteiger partial charge in [0.2, 0.25) is 5.91 Å². The fraction of sp³-hybridized carbons (Fsp3) is 0.450. The van der Waals surface area contributed by atoms with E-state index >= 15 is 0 Å². The standard InChI is InChI=1S/C20H25N3O3/c1-5-26-18(24)17-15-13-22(19(25)20(2,3)4)12-11-16(15)23(21-17)14-9-7-6-8-10-14/h6-10H,5,11-13H2,1-4H3. The van der Waals surface area contributed by atoms with Gasteiger partial charge in [-0.3, -0.25) is 4.79 Å². The van der Waals surface area contributed by atoms with Crippen LogP contribution < -0.4 is 0 Å². The van der Waals surface area contributed by atoms with Crippen LogP contribution in [0.3, 0.4) is 0 Å². The largest absolute Gasteiger partial charge is 0.461 e. The fourth-order valence-corrected chi connectivity index (χ4v) is 3.21. The molecule has 2 heterocycles. The molecule has 1 aliphatic rings. The molecule has 0 saturated heterocycles. The quantitative estimate of drug-likeness (QED) is 0.794. The zero-order valence-corrected chi connectivity index (χ0v) is 15.8. The third-order valence-electron chi connectivity index (χ3n) is 4.46. The molecule has 6 nitrogen and oxygen atoms in total. The lowest BCUT2D eigenvalue weighted by atomic mass is 9.93. The lowest BCUT2D eigenvalue weighted by Gasteiger charge is -2.32. The molecule has 1 aromatic heterocycles. The molecule has 138 valence electrons. The summed E-state index contributed by atoms with van der Waals surface area (Å²) in [6, 6.07) is 9.72. The van der Waals surface area contributed by atoms with Crippen LogP contribution in [0.1, 0.15) is 49.4 Å². The van der Waals surface area contributed by atoms with Crippen molar-refractivity contribution in [3.63, 3.8) is 0 Å². The van der Waals surface area contributed by atoms with Crippen LogP contribution in [0.5, 0.6) is 0 Å². The number of carbonyl (C=O) groups is 2. The average Bonchev–Trinajstić information content (AvgIpc) is 3.00. The molecule has 0 atom stereocenters. The second kappa shape index (κ2) is 6.94. The molecule has 3 rings (SSSR count). The summed E-state index contributed by atoms with van der Waals surface area (Å²) in [7, 11) is 0. The number of carbonyl (C=O) groups excluding carboxylic acids is 2. The highest BCUT2D eigenvalue weighted by molar-refractivity contribution is 5.90. The van der Waals surface area contributed by atoms with Crippen LogP contribution in [0, 0.1) is 5.41 Å². The van der Waals surface area contributed by atoms with Crippen molar-refractivity contribution in [2.24, 2.45) is 5.41 Å². The SMILES string of the molecule is CCOC(=O)c1nn(-c2ccccc2)c2c1CN(C(=O)C(C)(C)C)CC2. The predicted octanol–water partition coefficient (Wildman–Crippen LogP) is 2.98. The van der Waals surface area contributed by atoms with Crippen LogP contribution >= 0.6 is 0 Å². The molecule has 0 radical (unpaired) electrons. The van der Waals surface area contributed by atoms with E-state index in [-0.39, 0.29) is 12.5 Å². The first-order chi connectivity index (χ1) is 12.3. The first-order valence-corrected chi connectivity index (χ1v) is 8.95. The highest BCUT2D eigenvalue weighted by Crippen LogP contribution is 2.28. The van der Waals surface area contributed by atoms with E-state index in [9.17, 15) is 9.59 Å². The number of para-hydroxylation sites is 1. The molecule has 2 aromatic rings.